The molecule has 3 aromatic carbocycles. The molecule has 0 aliphatic heterocycles. The van der Waals surface area contributed by atoms with Crippen LogP contribution in [-0.4, -0.2) is 29.2 Å². The Balaban J connectivity index is 2.00. The summed E-state index contributed by atoms with van der Waals surface area (Å²) in [6.45, 7) is 11.2. The summed E-state index contributed by atoms with van der Waals surface area (Å²) in [5.41, 5.74) is 7.18. The van der Waals surface area contributed by atoms with E-state index in [1.807, 2.05) is 37.2 Å². The number of carbonyl (C=O) groups is 1. The molecular weight excluding hydrogens is 468 g/mol. The van der Waals surface area contributed by atoms with Gasteiger partial charge in [0.05, 0.1) is 4.90 Å². The van der Waals surface area contributed by atoms with Crippen molar-refractivity contribution in [1.82, 2.24) is 4.90 Å². The Labute approximate surface area is 216 Å². The summed E-state index contributed by atoms with van der Waals surface area (Å²) in [6.07, 6.45) is 0. The zero-order valence-electron chi connectivity index (χ0n) is 22.3. The monoisotopic (exact) mass is 506 g/mol. The van der Waals surface area contributed by atoms with E-state index in [0.29, 0.717) is 10.6 Å². The van der Waals surface area contributed by atoms with Crippen LogP contribution >= 0.6 is 0 Å². The molecule has 0 spiro atoms. The SMILES string of the molecule is Cc1cccc(-c2cc(C(C)C)c(NC(=O)N=S(N)(=O)c3ccc(CN(C)C)cc3)c(C(C)C)c2)c1. The van der Waals surface area contributed by atoms with Crippen molar-refractivity contribution >= 4 is 21.6 Å². The van der Waals surface area contributed by atoms with Gasteiger partial charge in [-0.15, -0.1) is 4.36 Å². The van der Waals surface area contributed by atoms with E-state index in [-0.39, 0.29) is 11.8 Å². The Kier molecular flexibility index (Phi) is 8.71. The third kappa shape index (κ3) is 6.81. The first-order valence-corrected chi connectivity index (χ1v) is 13.8. The van der Waals surface area contributed by atoms with E-state index in [0.717, 1.165) is 34.4 Å². The van der Waals surface area contributed by atoms with Gasteiger partial charge in [-0.2, -0.15) is 0 Å². The summed E-state index contributed by atoms with van der Waals surface area (Å²) in [5, 5.41) is 8.97. The van der Waals surface area contributed by atoms with Crippen molar-refractivity contribution in [2.45, 2.75) is 57.9 Å². The van der Waals surface area contributed by atoms with E-state index >= 15 is 0 Å². The number of hydrogen-bond donors (Lipinski definition) is 2. The first-order valence-electron chi connectivity index (χ1n) is 12.2. The van der Waals surface area contributed by atoms with Gasteiger partial charge >= 0.3 is 6.03 Å². The number of nitrogens with zero attached hydrogens (tertiary/aromatic N) is 2. The van der Waals surface area contributed by atoms with Gasteiger partial charge in [0.15, 0.2) is 0 Å². The van der Waals surface area contributed by atoms with Gasteiger partial charge in [0.2, 0.25) is 0 Å². The molecule has 0 fully saturated rings. The molecule has 0 saturated heterocycles. The molecule has 36 heavy (non-hydrogen) atoms. The number of amides is 2. The highest BCUT2D eigenvalue weighted by Gasteiger charge is 2.20. The van der Waals surface area contributed by atoms with Crippen molar-refractivity contribution in [3.63, 3.8) is 0 Å². The standard InChI is InChI=1S/C29H38N4O2S/c1-19(2)26-16-24(23-10-8-9-21(5)15-23)17-27(20(3)4)28(26)31-29(34)32-36(30,35)25-13-11-22(12-14-25)18-33(6)7/h8-17,19-20H,18H2,1-7H3,(H3,30,31,32,34,35). The van der Waals surface area contributed by atoms with E-state index in [2.05, 4.69) is 74.6 Å². The van der Waals surface area contributed by atoms with E-state index in [1.54, 1.807) is 12.1 Å². The number of anilines is 1. The van der Waals surface area contributed by atoms with Crippen LogP contribution in [0.15, 0.2) is 69.9 Å². The smallest absolute Gasteiger partial charge is 0.305 e. The number of nitrogens with two attached hydrogens (primary N) is 1. The normalized spacial score (nSPS) is 13.2. The third-order valence-electron chi connectivity index (χ3n) is 6.01. The van der Waals surface area contributed by atoms with Crippen LogP contribution in [-0.2, 0) is 16.5 Å². The summed E-state index contributed by atoms with van der Waals surface area (Å²) in [5.74, 6) is 0.295. The van der Waals surface area contributed by atoms with E-state index < -0.39 is 15.9 Å². The minimum Gasteiger partial charge on any atom is -0.305 e. The summed E-state index contributed by atoms with van der Waals surface area (Å²) in [6, 6.07) is 18.9. The Morgan fingerprint density at radius 1 is 0.944 bits per heavy atom. The zero-order valence-corrected chi connectivity index (χ0v) is 23.1. The quantitative estimate of drug-likeness (QED) is 0.365. The molecule has 0 bridgehead atoms. The maximum Gasteiger partial charge on any atom is 0.354 e. The molecule has 3 aromatic rings. The molecule has 0 aliphatic rings. The molecule has 0 aromatic heterocycles. The number of urea groups is 1. The topological polar surface area (TPSA) is 87.8 Å². The highest BCUT2D eigenvalue weighted by atomic mass is 32.2. The number of rotatable bonds is 7. The van der Waals surface area contributed by atoms with Crippen molar-refractivity contribution in [1.29, 1.82) is 0 Å². The molecule has 3 N–H and O–H groups in total. The lowest BCUT2D eigenvalue weighted by Gasteiger charge is -2.22. The molecule has 0 aliphatic carbocycles. The average Bonchev–Trinajstić information content (AvgIpc) is 2.78. The van der Waals surface area contributed by atoms with Gasteiger partial charge in [0, 0.05) is 12.2 Å². The fraction of sp³-hybridized carbons (Fsp3) is 0.345. The molecular formula is C29H38N4O2S. The molecule has 1 atom stereocenters. The summed E-state index contributed by atoms with van der Waals surface area (Å²) in [7, 11) is 0.555. The average molecular weight is 507 g/mol. The molecule has 3 rings (SSSR count). The lowest BCUT2D eigenvalue weighted by atomic mass is 9.88. The van der Waals surface area contributed by atoms with Gasteiger partial charge in [0.1, 0.15) is 9.92 Å². The van der Waals surface area contributed by atoms with Gasteiger partial charge in [-0.25, -0.2) is 14.1 Å². The maximum absolute atomic E-state index is 13.2. The Morgan fingerprint density at radius 2 is 1.53 bits per heavy atom. The predicted octanol–water partition coefficient (Wildman–Crippen LogP) is 6.90. The number of carbonyl (C=O) groups excluding carboxylic acids is 1. The molecule has 6 nitrogen and oxygen atoms in total. The zero-order chi connectivity index (χ0) is 26.6. The summed E-state index contributed by atoms with van der Waals surface area (Å²) >= 11 is 0. The second kappa shape index (κ2) is 11.4. The number of hydrogen-bond acceptors (Lipinski definition) is 3. The van der Waals surface area contributed by atoms with Crippen LogP contribution in [0, 0.1) is 6.92 Å². The fourth-order valence-corrected chi connectivity index (χ4v) is 5.12. The number of benzene rings is 3. The van der Waals surface area contributed by atoms with Crippen LogP contribution in [0.25, 0.3) is 11.1 Å². The molecule has 0 heterocycles. The van der Waals surface area contributed by atoms with E-state index in [1.165, 1.54) is 5.56 Å². The van der Waals surface area contributed by atoms with Crippen LogP contribution in [0.3, 0.4) is 0 Å². The molecule has 0 radical (unpaired) electrons. The van der Waals surface area contributed by atoms with Crippen LogP contribution in [0.4, 0.5) is 10.5 Å². The fourth-order valence-electron chi connectivity index (χ4n) is 4.19. The first-order chi connectivity index (χ1) is 16.9. The molecule has 1 unspecified atom stereocenters. The van der Waals surface area contributed by atoms with Crippen LogP contribution < -0.4 is 10.5 Å². The van der Waals surface area contributed by atoms with Gasteiger partial charge in [0.25, 0.3) is 0 Å². The van der Waals surface area contributed by atoms with Gasteiger partial charge in [-0.1, -0.05) is 69.7 Å². The Hall–Kier alpha value is -3.00. The van der Waals surface area contributed by atoms with Gasteiger partial charge in [-0.05, 0) is 84.9 Å². The molecule has 192 valence electrons. The summed E-state index contributed by atoms with van der Waals surface area (Å²) < 4.78 is 17.1. The number of nitrogens with one attached hydrogen (secondary N) is 1. The van der Waals surface area contributed by atoms with Crippen LogP contribution in [0.1, 0.15) is 61.8 Å². The van der Waals surface area contributed by atoms with E-state index in [9.17, 15) is 9.00 Å². The summed E-state index contributed by atoms with van der Waals surface area (Å²) in [4.78, 5) is 15.4. The Morgan fingerprint density at radius 3 is 2.03 bits per heavy atom. The second-order valence-electron chi connectivity index (χ2n) is 10.2. The van der Waals surface area contributed by atoms with Crippen LogP contribution in [0.2, 0.25) is 0 Å². The molecule has 0 saturated carbocycles. The predicted molar refractivity (Wildman–Crippen MR) is 151 cm³/mol. The van der Waals surface area contributed by atoms with Crippen molar-refractivity contribution in [2.75, 3.05) is 19.4 Å². The van der Waals surface area contributed by atoms with Crippen molar-refractivity contribution in [3.05, 3.63) is 82.9 Å². The highest BCUT2D eigenvalue weighted by Crippen LogP contribution is 2.37. The highest BCUT2D eigenvalue weighted by molar-refractivity contribution is 7.91. The van der Waals surface area contributed by atoms with Crippen molar-refractivity contribution in [2.24, 2.45) is 9.50 Å². The maximum atomic E-state index is 13.2. The minimum absolute atomic E-state index is 0.147. The van der Waals surface area contributed by atoms with Gasteiger partial charge < -0.3 is 10.2 Å². The van der Waals surface area contributed by atoms with Crippen molar-refractivity contribution in [3.8, 4) is 11.1 Å². The van der Waals surface area contributed by atoms with Gasteiger partial charge in [-0.3, -0.25) is 0 Å². The minimum atomic E-state index is -3.40. The largest absolute Gasteiger partial charge is 0.354 e. The Bertz CT molecular complexity index is 1320. The molecule has 7 heteroatoms. The van der Waals surface area contributed by atoms with Crippen molar-refractivity contribution < 1.29 is 9.00 Å². The number of aryl methyl sites for hydroxylation is 1. The van der Waals surface area contributed by atoms with E-state index in [4.69, 9.17) is 5.14 Å². The molecule has 2 amide bonds. The van der Waals surface area contributed by atoms with Crippen LogP contribution in [0.5, 0.6) is 0 Å². The third-order valence-corrected chi connectivity index (χ3v) is 7.39. The lowest BCUT2D eigenvalue weighted by Crippen LogP contribution is -2.19. The second-order valence-corrected chi connectivity index (χ2v) is 12.0. The first kappa shape index (κ1) is 27.6. The lowest BCUT2D eigenvalue weighted by molar-refractivity contribution is 0.260.